The first-order valence-corrected chi connectivity index (χ1v) is 8.68. The van der Waals surface area contributed by atoms with Crippen LogP contribution < -0.4 is 5.32 Å². The van der Waals surface area contributed by atoms with Gasteiger partial charge in [-0.2, -0.15) is 0 Å². The van der Waals surface area contributed by atoms with E-state index >= 15 is 0 Å². The summed E-state index contributed by atoms with van der Waals surface area (Å²) in [6.07, 6.45) is 3.09. The van der Waals surface area contributed by atoms with Gasteiger partial charge in [-0.05, 0) is 49.6 Å². The van der Waals surface area contributed by atoms with Crippen molar-refractivity contribution in [2.75, 3.05) is 5.32 Å². The summed E-state index contributed by atoms with van der Waals surface area (Å²) >= 11 is 11.9. The number of nitrogens with zero attached hydrogens (tertiary/aromatic N) is 1. The Kier molecular flexibility index (Phi) is 5.30. The van der Waals surface area contributed by atoms with Gasteiger partial charge in [-0.1, -0.05) is 47.2 Å². The summed E-state index contributed by atoms with van der Waals surface area (Å²) in [6.45, 7) is 0. The summed E-state index contributed by atoms with van der Waals surface area (Å²) in [6, 6.07) is 12.9. The molecule has 2 N–H and O–H groups in total. The maximum Gasteiger partial charge on any atom is 0.131 e. The van der Waals surface area contributed by atoms with Gasteiger partial charge >= 0.3 is 0 Å². The zero-order chi connectivity index (χ0) is 17.0. The van der Waals surface area contributed by atoms with Gasteiger partial charge in [-0.3, -0.25) is 0 Å². The average Bonchev–Trinajstić information content (AvgIpc) is 2.53. The molecule has 1 aromatic carbocycles. The molecule has 5 heteroatoms. The number of hydrogen-bond donors (Lipinski definition) is 2. The number of rotatable bonds is 2. The van der Waals surface area contributed by atoms with Crippen LogP contribution in [0.15, 0.2) is 42.5 Å². The van der Waals surface area contributed by atoms with Gasteiger partial charge in [0.05, 0.1) is 0 Å². The van der Waals surface area contributed by atoms with Crippen LogP contribution in [0.3, 0.4) is 0 Å². The lowest BCUT2D eigenvalue weighted by molar-refractivity contribution is 0.0561. The molecule has 1 fully saturated rings. The molecule has 1 aliphatic carbocycles. The molecule has 0 amide bonds. The van der Waals surface area contributed by atoms with E-state index in [4.69, 9.17) is 23.2 Å². The lowest BCUT2D eigenvalue weighted by Crippen LogP contribution is -2.39. The molecule has 1 heterocycles. The third-order valence-electron chi connectivity index (χ3n) is 4.06. The molecule has 0 bridgehead atoms. The van der Waals surface area contributed by atoms with Crippen molar-refractivity contribution < 1.29 is 5.11 Å². The summed E-state index contributed by atoms with van der Waals surface area (Å²) in [4.78, 5) is 4.24. The zero-order valence-electron chi connectivity index (χ0n) is 13.1. The van der Waals surface area contributed by atoms with Crippen molar-refractivity contribution in [2.24, 2.45) is 0 Å². The first-order valence-electron chi connectivity index (χ1n) is 7.93. The van der Waals surface area contributed by atoms with Crippen molar-refractivity contribution in [3.8, 4) is 11.8 Å². The van der Waals surface area contributed by atoms with E-state index in [0.29, 0.717) is 23.0 Å². The number of benzene rings is 1. The highest BCUT2D eigenvalue weighted by atomic mass is 35.5. The maximum atomic E-state index is 10.8. The predicted molar refractivity (Wildman–Crippen MR) is 98.4 cm³/mol. The molecule has 1 saturated carbocycles. The Morgan fingerprint density at radius 2 is 2.04 bits per heavy atom. The summed E-state index contributed by atoms with van der Waals surface area (Å²) in [7, 11) is 0. The highest BCUT2D eigenvalue weighted by Crippen LogP contribution is 2.30. The first kappa shape index (κ1) is 17.1. The number of pyridine rings is 1. The van der Waals surface area contributed by atoms with Crippen molar-refractivity contribution in [1.82, 2.24) is 4.98 Å². The minimum absolute atomic E-state index is 0.114. The fourth-order valence-corrected chi connectivity index (χ4v) is 3.30. The summed E-state index contributed by atoms with van der Waals surface area (Å²) < 4.78 is 0. The molecule has 0 radical (unpaired) electrons. The van der Waals surface area contributed by atoms with Crippen molar-refractivity contribution in [3.05, 3.63) is 58.2 Å². The van der Waals surface area contributed by atoms with E-state index in [1.807, 2.05) is 24.3 Å². The summed E-state index contributed by atoms with van der Waals surface area (Å²) in [5.74, 6) is 6.79. The van der Waals surface area contributed by atoms with Gasteiger partial charge in [0.1, 0.15) is 16.6 Å². The minimum atomic E-state index is -1.00. The molecule has 3 nitrogen and oxygen atoms in total. The smallest absolute Gasteiger partial charge is 0.131 e. The number of halogens is 2. The maximum absolute atomic E-state index is 10.8. The van der Waals surface area contributed by atoms with Crippen LogP contribution in [0.1, 0.15) is 31.2 Å². The van der Waals surface area contributed by atoms with E-state index in [1.54, 1.807) is 18.2 Å². The van der Waals surface area contributed by atoms with Crippen LogP contribution in [-0.2, 0) is 0 Å². The molecule has 124 valence electrons. The van der Waals surface area contributed by atoms with Crippen molar-refractivity contribution >= 4 is 29.0 Å². The lowest BCUT2D eigenvalue weighted by atomic mass is 9.82. The van der Waals surface area contributed by atoms with Gasteiger partial charge in [0, 0.05) is 23.0 Å². The largest absolute Gasteiger partial charge is 0.378 e. The fourth-order valence-electron chi connectivity index (χ4n) is 2.94. The van der Waals surface area contributed by atoms with E-state index in [-0.39, 0.29) is 6.04 Å². The zero-order valence-corrected chi connectivity index (χ0v) is 14.6. The molecule has 0 spiro atoms. The summed E-state index contributed by atoms with van der Waals surface area (Å²) in [5.41, 5.74) is -0.195. The van der Waals surface area contributed by atoms with E-state index < -0.39 is 5.60 Å². The molecular formula is C19H18Cl2N2O. The topological polar surface area (TPSA) is 45.1 Å². The third kappa shape index (κ3) is 4.64. The second-order valence-corrected chi connectivity index (χ2v) is 6.90. The molecule has 0 unspecified atom stereocenters. The van der Waals surface area contributed by atoms with Gasteiger partial charge in [0.2, 0.25) is 0 Å². The van der Waals surface area contributed by atoms with E-state index in [9.17, 15) is 5.11 Å². The molecule has 24 heavy (non-hydrogen) atoms. The SMILES string of the molecule is O[C@]1(C#Cc2cccc(Cl)c2)CCC[C@@H](Nc2cccc(Cl)n2)C1. The normalized spacial score (nSPS) is 23.2. The molecule has 1 aromatic heterocycles. The Bertz CT molecular complexity index is 784. The highest BCUT2D eigenvalue weighted by Gasteiger charge is 2.32. The monoisotopic (exact) mass is 360 g/mol. The molecule has 2 atom stereocenters. The van der Waals surface area contributed by atoms with Gasteiger partial charge in [0.15, 0.2) is 0 Å². The Labute approximate surface area is 152 Å². The Balaban J connectivity index is 1.70. The quantitative estimate of drug-likeness (QED) is 0.610. The van der Waals surface area contributed by atoms with Crippen LogP contribution in [0.2, 0.25) is 10.2 Å². The van der Waals surface area contributed by atoms with Crippen LogP contribution in [0.25, 0.3) is 0 Å². The van der Waals surface area contributed by atoms with E-state index in [1.165, 1.54) is 0 Å². The molecule has 0 saturated heterocycles. The van der Waals surface area contributed by atoms with E-state index in [2.05, 4.69) is 22.1 Å². The predicted octanol–water partition coefficient (Wildman–Crippen LogP) is 4.53. The second kappa shape index (κ2) is 7.44. The van der Waals surface area contributed by atoms with Crippen LogP contribution in [-0.4, -0.2) is 21.7 Å². The highest BCUT2D eigenvalue weighted by molar-refractivity contribution is 6.30. The number of aliphatic hydroxyl groups is 1. The van der Waals surface area contributed by atoms with Gasteiger partial charge < -0.3 is 10.4 Å². The molecule has 3 rings (SSSR count). The number of nitrogens with one attached hydrogen (secondary N) is 1. The van der Waals surface area contributed by atoms with Crippen LogP contribution >= 0.6 is 23.2 Å². The van der Waals surface area contributed by atoms with Crippen molar-refractivity contribution in [2.45, 2.75) is 37.3 Å². The van der Waals surface area contributed by atoms with Crippen LogP contribution in [0.4, 0.5) is 5.82 Å². The summed E-state index contributed by atoms with van der Waals surface area (Å²) in [5, 5.41) is 15.2. The van der Waals surface area contributed by atoms with Crippen LogP contribution in [0, 0.1) is 11.8 Å². The van der Waals surface area contributed by atoms with Crippen molar-refractivity contribution in [3.63, 3.8) is 0 Å². The number of anilines is 1. The molecular weight excluding hydrogens is 343 g/mol. The van der Waals surface area contributed by atoms with Crippen molar-refractivity contribution in [1.29, 1.82) is 0 Å². The molecule has 2 aromatic rings. The first-order chi connectivity index (χ1) is 11.5. The Morgan fingerprint density at radius 1 is 1.21 bits per heavy atom. The lowest BCUT2D eigenvalue weighted by Gasteiger charge is -2.33. The Morgan fingerprint density at radius 3 is 2.83 bits per heavy atom. The number of hydrogen-bond acceptors (Lipinski definition) is 3. The second-order valence-electron chi connectivity index (χ2n) is 6.08. The Hall–Kier alpha value is -1.73. The minimum Gasteiger partial charge on any atom is -0.378 e. The van der Waals surface area contributed by atoms with Gasteiger partial charge in [-0.25, -0.2) is 4.98 Å². The van der Waals surface area contributed by atoms with Gasteiger partial charge in [-0.15, -0.1) is 0 Å². The standard InChI is InChI=1S/C19H18Cl2N2O/c20-15-5-1-4-14(12-15)9-11-19(24)10-3-6-16(13-19)22-18-8-2-7-17(21)23-18/h1-2,4-5,7-8,12,16,24H,3,6,10,13H2,(H,22,23)/t16-,19+/m1/s1. The molecule has 1 aliphatic rings. The van der Waals surface area contributed by atoms with E-state index in [0.717, 1.165) is 24.2 Å². The van der Waals surface area contributed by atoms with Gasteiger partial charge in [0.25, 0.3) is 0 Å². The number of aromatic nitrogens is 1. The third-order valence-corrected chi connectivity index (χ3v) is 4.50. The average molecular weight is 361 g/mol. The fraction of sp³-hybridized carbons (Fsp3) is 0.316. The van der Waals surface area contributed by atoms with Crippen LogP contribution in [0.5, 0.6) is 0 Å². The molecule has 0 aliphatic heterocycles.